The Balaban J connectivity index is 2.27. The summed E-state index contributed by atoms with van der Waals surface area (Å²) in [5, 5.41) is 0. The van der Waals surface area contributed by atoms with Gasteiger partial charge in [-0.2, -0.15) is 0 Å². The Bertz CT molecular complexity index is 264. The Kier molecular flexibility index (Phi) is 1.81. The van der Waals surface area contributed by atoms with E-state index in [0.717, 1.165) is 0 Å². The van der Waals surface area contributed by atoms with E-state index in [4.69, 9.17) is 0 Å². The van der Waals surface area contributed by atoms with E-state index in [2.05, 4.69) is 26.3 Å². The Morgan fingerprint density at radius 1 is 0.615 bits per heavy atom. The number of hydrogen-bond acceptors (Lipinski definition) is 0. The second kappa shape index (κ2) is 2.65. The Labute approximate surface area is 82.0 Å². The largest absolute Gasteiger partial charge is 0.225 e. The molecule has 0 N–H and O–H groups in total. The first kappa shape index (κ1) is 8.89. The fourth-order valence-electron chi connectivity index (χ4n) is 2.19. The van der Waals surface area contributed by atoms with Crippen molar-refractivity contribution in [2.24, 2.45) is 0 Å². The smallest absolute Gasteiger partial charge is 0.00309 e. The van der Waals surface area contributed by atoms with Crippen LogP contribution >= 0.6 is 10.0 Å². The van der Waals surface area contributed by atoms with Gasteiger partial charge in [-0.05, 0) is 22.3 Å². The third-order valence-corrected chi connectivity index (χ3v) is 6.77. The average Bonchev–Trinajstić information content (AvgIpc) is 2.39. The van der Waals surface area contributed by atoms with Crippen LogP contribution in [0.15, 0.2) is 48.6 Å². The van der Waals surface area contributed by atoms with Gasteiger partial charge in [-0.15, -0.1) is 0 Å². The lowest BCUT2D eigenvalue weighted by molar-refractivity contribution is 1.48. The van der Waals surface area contributed by atoms with Crippen molar-refractivity contribution in [3.63, 3.8) is 0 Å². The zero-order valence-electron chi connectivity index (χ0n) is 8.07. The highest BCUT2D eigenvalue weighted by Gasteiger charge is 2.38. The van der Waals surface area contributed by atoms with Crippen LogP contribution in [0.1, 0.15) is 0 Å². The van der Waals surface area contributed by atoms with Crippen molar-refractivity contribution in [1.29, 1.82) is 0 Å². The third-order valence-electron chi connectivity index (χ3n) is 2.92. The van der Waals surface area contributed by atoms with Crippen molar-refractivity contribution in [1.82, 2.24) is 0 Å². The molecule has 0 bridgehead atoms. The highest BCUT2D eigenvalue weighted by Crippen LogP contribution is 2.63. The Hall–Kier alpha value is -0.690. The summed E-state index contributed by atoms with van der Waals surface area (Å²) in [5.74, 6) is 4.74. The molecule has 2 aliphatic rings. The van der Waals surface area contributed by atoms with Crippen molar-refractivity contribution < 1.29 is 0 Å². The van der Waals surface area contributed by atoms with Crippen LogP contribution in [0.3, 0.4) is 0 Å². The van der Waals surface area contributed by atoms with E-state index in [9.17, 15) is 0 Å². The van der Waals surface area contributed by atoms with Crippen LogP contribution in [0.25, 0.3) is 0 Å². The summed E-state index contributed by atoms with van der Waals surface area (Å²) in [6, 6.07) is 0. The van der Waals surface area contributed by atoms with Gasteiger partial charge >= 0.3 is 0 Å². The van der Waals surface area contributed by atoms with E-state index in [-0.39, 0.29) is 0 Å². The molecule has 1 heteroatoms. The maximum atomic E-state index is 4.07. The molecule has 0 aromatic heterocycles. The highest BCUT2D eigenvalue weighted by molar-refractivity contribution is 8.34. The van der Waals surface area contributed by atoms with Crippen LogP contribution < -0.4 is 0 Å². The molecule has 0 aromatic carbocycles. The first-order valence-electron chi connectivity index (χ1n) is 4.48. The summed E-state index contributed by atoms with van der Waals surface area (Å²) >= 11 is 0. The summed E-state index contributed by atoms with van der Waals surface area (Å²) in [5.41, 5.74) is 5.10. The fourth-order valence-corrected chi connectivity index (χ4v) is 6.58. The molecule has 2 fully saturated rings. The first-order chi connectivity index (χ1) is 6.02. The predicted octanol–water partition coefficient (Wildman–Crippen LogP) is 3.04. The SMILES string of the molecule is C=C1CS2(CC1=C)CC(=C)C(=C)C2. The molecule has 0 amide bonds. The Morgan fingerprint density at radius 3 is 1.08 bits per heavy atom. The van der Waals surface area contributed by atoms with Gasteiger partial charge in [0.2, 0.25) is 0 Å². The normalized spacial score (nSPS) is 28.9. The molecule has 2 aliphatic heterocycles. The molecular formula is C12H16S. The third kappa shape index (κ3) is 1.31. The summed E-state index contributed by atoms with van der Waals surface area (Å²) in [7, 11) is -0.521. The molecule has 0 radical (unpaired) electrons. The topological polar surface area (TPSA) is 0 Å². The summed E-state index contributed by atoms with van der Waals surface area (Å²) in [4.78, 5) is 0. The number of hydrogen-bond donors (Lipinski definition) is 0. The van der Waals surface area contributed by atoms with E-state index in [1.807, 2.05) is 0 Å². The van der Waals surface area contributed by atoms with Gasteiger partial charge in [0.05, 0.1) is 0 Å². The minimum Gasteiger partial charge on any atom is -0.225 e. The molecule has 13 heavy (non-hydrogen) atoms. The molecule has 0 aliphatic carbocycles. The van der Waals surface area contributed by atoms with E-state index in [1.54, 1.807) is 0 Å². The molecule has 2 rings (SSSR count). The monoisotopic (exact) mass is 192 g/mol. The van der Waals surface area contributed by atoms with Gasteiger partial charge in [-0.1, -0.05) is 26.3 Å². The average molecular weight is 192 g/mol. The van der Waals surface area contributed by atoms with Crippen LogP contribution in [0.4, 0.5) is 0 Å². The van der Waals surface area contributed by atoms with Crippen LogP contribution in [-0.4, -0.2) is 23.0 Å². The van der Waals surface area contributed by atoms with Crippen molar-refractivity contribution in [2.45, 2.75) is 0 Å². The summed E-state index contributed by atoms with van der Waals surface area (Å²) < 4.78 is 0. The van der Waals surface area contributed by atoms with Crippen LogP contribution in [-0.2, 0) is 0 Å². The summed E-state index contributed by atoms with van der Waals surface area (Å²) in [6.07, 6.45) is 0. The van der Waals surface area contributed by atoms with E-state index < -0.39 is 10.0 Å². The summed E-state index contributed by atoms with van der Waals surface area (Å²) in [6.45, 7) is 16.3. The minimum atomic E-state index is -0.521. The van der Waals surface area contributed by atoms with Crippen molar-refractivity contribution in [3.8, 4) is 0 Å². The Morgan fingerprint density at radius 2 is 0.846 bits per heavy atom. The molecule has 70 valence electrons. The molecule has 0 unspecified atom stereocenters. The van der Waals surface area contributed by atoms with Gasteiger partial charge in [-0.3, -0.25) is 0 Å². The van der Waals surface area contributed by atoms with E-state index in [0.29, 0.717) is 0 Å². The quantitative estimate of drug-likeness (QED) is 0.553. The van der Waals surface area contributed by atoms with E-state index >= 15 is 0 Å². The number of rotatable bonds is 0. The molecule has 0 atom stereocenters. The van der Waals surface area contributed by atoms with Crippen LogP contribution in [0.5, 0.6) is 0 Å². The van der Waals surface area contributed by atoms with Gasteiger partial charge in [0, 0.05) is 23.0 Å². The van der Waals surface area contributed by atoms with E-state index in [1.165, 1.54) is 45.3 Å². The van der Waals surface area contributed by atoms with Crippen molar-refractivity contribution >= 4 is 10.0 Å². The lowest BCUT2D eigenvalue weighted by atomic mass is 10.2. The lowest BCUT2D eigenvalue weighted by Crippen LogP contribution is -2.03. The van der Waals surface area contributed by atoms with Crippen molar-refractivity contribution in [3.05, 3.63) is 48.6 Å². The molecule has 2 saturated heterocycles. The zero-order valence-corrected chi connectivity index (χ0v) is 8.88. The zero-order chi connectivity index (χ0) is 9.64. The molecule has 0 aromatic rings. The van der Waals surface area contributed by atoms with Crippen LogP contribution in [0, 0.1) is 0 Å². The van der Waals surface area contributed by atoms with Gasteiger partial charge in [-0.25, -0.2) is 10.0 Å². The van der Waals surface area contributed by atoms with Gasteiger partial charge < -0.3 is 0 Å². The molecule has 0 nitrogen and oxygen atoms in total. The second-order valence-electron chi connectivity index (χ2n) is 4.22. The minimum absolute atomic E-state index is 0.521. The second-order valence-corrected chi connectivity index (χ2v) is 7.82. The maximum Gasteiger partial charge on any atom is 0.00309 e. The van der Waals surface area contributed by atoms with Crippen LogP contribution in [0.2, 0.25) is 0 Å². The predicted molar refractivity (Wildman–Crippen MR) is 63.6 cm³/mol. The standard InChI is InChI=1S/C12H16S/c1-9-5-13(6-10(9)2)7-11(3)12(4)8-13/h1-8H2. The fraction of sp³-hybridized carbons (Fsp3) is 0.333. The van der Waals surface area contributed by atoms with Gasteiger partial charge in [0.1, 0.15) is 0 Å². The maximum absolute atomic E-state index is 4.07. The molecule has 0 saturated carbocycles. The first-order valence-corrected chi connectivity index (χ1v) is 6.79. The lowest BCUT2D eigenvalue weighted by Gasteiger charge is -2.28. The van der Waals surface area contributed by atoms with Gasteiger partial charge in [0.15, 0.2) is 0 Å². The molecule has 1 spiro atoms. The van der Waals surface area contributed by atoms with Crippen molar-refractivity contribution in [2.75, 3.05) is 23.0 Å². The molecular weight excluding hydrogens is 176 g/mol. The highest BCUT2D eigenvalue weighted by atomic mass is 32.3. The van der Waals surface area contributed by atoms with Gasteiger partial charge in [0.25, 0.3) is 0 Å². The molecule has 2 heterocycles.